The number of aromatic nitrogens is 4. The van der Waals surface area contributed by atoms with Gasteiger partial charge in [-0.1, -0.05) is 0 Å². The fraction of sp³-hybridized carbons (Fsp3) is 0.429. The van der Waals surface area contributed by atoms with Crippen LogP contribution in [0.4, 0.5) is 17.5 Å². The Balaban J connectivity index is 1.39. The average molecular weight is 406 g/mol. The molecule has 3 aromatic rings. The van der Waals surface area contributed by atoms with Gasteiger partial charge in [0.2, 0.25) is 5.91 Å². The molecule has 2 aliphatic heterocycles. The number of pyridine rings is 2. The number of primary amides is 1. The summed E-state index contributed by atoms with van der Waals surface area (Å²) in [6, 6.07) is 8.92. The number of nitrogens with one attached hydrogen (secondary N) is 3. The number of rotatable bonds is 6. The van der Waals surface area contributed by atoms with Gasteiger partial charge in [-0.2, -0.15) is 5.10 Å². The van der Waals surface area contributed by atoms with Crippen LogP contribution in [-0.2, 0) is 4.79 Å². The Morgan fingerprint density at radius 2 is 2.07 bits per heavy atom. The average Bonchev–Trinajstić information content (AvgIpc) is 3.20. The molecule has 0 aliphatic carbocycles. The monoisotopic (exact) mass is 406 g/mol. The molecule has 9 nitrogen and oxygen atoms in total. The van der Waals surface area contributed by atoms with Crippen LogP contribution in [0.5, 0.6) is 0 Å². The quantitative estimate of drug-likeness (QED) is 0.495. The van der Waals surface area contributed by atoms with E-state index in [9.17, 15) is 4.79 Å². The predicted molar refractivity (Wildman–Crippen MR) is 116 cm³/mol. The largest absolute Gasteiger partial charge is 0.369 e. The minimum absolute atomic E-state index is 0.246. The molecular formula is C21H26N8O. The molecule has 3 atom stereocenters. The first-order valence-corrected chi connectivity index (χ1v) is 10.4. The zero-order valence-electron chi connectivity index (χ0n) is 16.9. The number of amides is 1. The highest BCUT2D eigenvalue weighted by molar-refractivity contribution is 5.91. The van der Waals surface area contributed by atoms with E-state index in [4.69, 9.17) is 10.7 Å². The Morgan fingerprint density at radius 1 is 1.27 bits per heavy atom. The fourth-order valence-electron chi connectivity index (χ4n) is 4.89. The first kappa shape index (κ1) is 18.8. The maximum atomic E-state index is 11.4. The van der Waals surface area contributed by atoms with E-state index < -0.39 is 0 Å². The highest BCUT2D eigenvalue weighted by Gasteiger charge is 2.41. The second-order valence-electron chi connectivity index (χ2n) is 8.32. The summed E-state index contributed by atoms with van der Waals surface area (Å²) in [5, 5.41) is 15.1. The van der Waals surface area contributed by atoms with Gasteiger partial charge < -0.3 is 16.4 Å². The molecule has 1 unspecified atom stereocenters. The number of hydrogen-bond donors (Lipinski definition) is 4. The highest BCUT2D eigenvalue weighted by Crippen LogP contribution is 2.37. The molecule has 0 spiro atoms. The summed E-state index contributed by atoms with van der Waals surface area (Å²) in [6.07, 6.45) is 5.97. The van der Waals surface area contributed by atoms with E-state index >= 15 is 0 Å². The van der Waals surface area contributed by atoms with Gasteiger partial charge in [-0.05, 0) is 44.7 Å². The number of hydrogen-bond acceptors (Lipinski definition) is 7. The summed E-state index contributed by atoms with van der Waals surface area (Å²) in [6.45, 7) is 2.31. The van der Waals surface area contributed by atoms with E-state index in [1.54, 1.807) is 6.20 Å². The smallest absolute Gasteiger partial charge is 0.231 e. The van der Waals surface area contributed by atoms with Gasteiger partial charge in [0.15, 0.2) is 5.82 Å². The zero-order valence-corrected chi connectivity index (χ0v) is 16.9. The minimum Gasteiger partial charge on any atom is -0.369 e. The van der Waals surface area contributed by atoms with Crippen LogP contribution < -0.4 is 16.4 Å². The number of piperidine rings is 1. The summed E-state index contributed by atoms with van der Waals surface area (Å²) >= 11 is 0. The maximum absolute atomic E-state index is 11.4. The normalized spacial score (nSPS) is 23.6. The summed E-state index contributed by atoms with van der Waals surface area (Å²) in [7, 11) is 0. The van der Waals surface area contributed by atoms with Crippen molar-refractivity contribution in [2.45, 2.75) is 50.7 Å². The molecule has 2 aliphatic rings. The number of aryl methyl sites for hydroxylation is 1. The second kappa shape index (κ2) is 7.56. The van der Waals surface area contributed by atoms with Crippen molar-refractivity contribution in [1.29, 1.82) is 0 Å². The Labute approximate surface area is 174 Å². The van der Waals surface area contributed by atoms with Crippen LogP contribution >= 0.6 is 0 Å². The van der Waals surface area contributed by atoms with Gasteiger partial charge in [0.25, 0.3) is 0 Å². The van der Waals surface area contributed by atoms with E-state index in [1.807, 2.05) is 31.2 Å². The Kier molecular flexibility index (Phi) is 4.74. The van der Waals surface area contributed by atoms with Crippen molar-refractivity contribution < 1.29 is 4.79 Å². The molecular weight excluding hydrogens is 380 g/mol. The summed E-state index contributed by atoms with van der Waals surface area (Å²) in [5.41, 5.74) is 7.30. The first-order valence-electron chi connectivity index (χ1n) is 10.4. The van der Waals surface area contributed by atoms with Gasteiger partial charge in [-0.25, -0.2) is 4.98 Å². The lowest BCUT2D eigenvalue weighted by atomic mass is 9.97. The Hall–Kier alpha value is -3.20. The van der Waals surface area contributed by atoms with Gasteiger partial charge in [0.05, 0.1) is 12.1 Å². The van der Waals surface area contributed by atoms with Crippen molar-refractivity contribution in [3.05, 3.63) is 36.2 Å². The highest BCUT2D eigenvalue weighted by atomic mass is 16.1. The topological polar surface area (TPSA) is 125 Å². The van der Waals surface area contributed by atoms with Crippen molar-refractivity contribution >= 4 is 34.3 Å². The van der Waals surface area contributed by atoms with Gasteiger partial charge in [0.1, 0.15) is 11.6 Å². The van der Waals surface area contributed by atoms with Gasteiger partial charge in [-0.3, -0.25) is 19.8 Å². The number of H-pyrrole nitrogens is 1. The number of nitrogens with zero attached hydrogens (tertiary/aromatic N) is 4. The standard InChI is InChI=1S/C21H26N8O/c1-12-7-20(28-27-12)25-19-10-17-16(3-2-6-23-17)21(26-19)24-13-8-14-4-5-15(9-13)29(14)11-18(22)30/h2-3,6-7,10,13-15H,4-5,8-9,11H2,1H3,(H2,22,30)(H3,24,25,26,27,28)/t13?,14-,15+. The van der Waals surface area contributed by atoms with E-state index in [2.05, 4.69) is 30.7 Å². The lowest BCUT2D eigenvalue weighted by Crippen LogP contribution is -2.49. The zero-order chi connectivity index (χ0) is 20.7. The van der Waals surface area contributed by atoms with Crippen molar-refractivity contribution in [3.63, 3.8) is 0 Å². The molecule has 3 aromatic heterocycles. The molecule has 5 rings (SSSR count). The number of fused-ring (bicyclic) bond motifs is 3. The lowest BCUT2D eigenvalue weighted by Gasteiger charge is -2.38. The summed E-state index contributed by atoms with van der Waals surface area (Å²) in [5.74, 6) is 2.00. The third-order valence-corrected chi connectivity index (χ3v) is 6.13. The third kappa shape index (κ3) is 3.68. The summed E-state index contributed by atoms with van der Waals surface area (Å²) in [4.78, 5) is 23.1. The van der Waals surface area contributed by atoms with Crippen molar-refractivity contribution in [3.8, 4) is 0 Å². The molecule has 2 saturated heterocycles. The molecule has 5 N–H and O–H groups in total. The minimum atomic E-state index is -0.246. The van der Waals surface area contributed by atoms with Gasteiger partial charge in [-0.15, -0.1) is 0 Å². The predicted octanol–water partition coefficient (Wildman–Crippen LogP) is 2.30. The molecule has 0 radical (unpaired) electrons. The number of nitrogens with two attached hydrogens (primary N) is 1. The molecule has 30 heavy (non-hydrogen) atoms. The molecule has 0 saturated carbocycles. The molecule has 1 amide bonds. The second-order valence-corrected chi connectivity index (χ2v) is 8.32. The summed E-state index contributed by atoms with van der Waals surface area (Å²) < 4.78 is 0. The lowest BCUT2D eigenvalue weighted by molar-refractivity contribution is -0.120. The number of aromatic amines is 1. The van der Waals surface area contributed by atoms with Crippen LogP contribution in [0, 0.1) is 6.92 Å². The molecule has 2 bridgehead atoms. The fourth-order valence-corrected chi connectivity index (χ4v) is 4.89. The van der Waals surface area contributed by atoms with Crippen molar-refractivity contribution in [2.75, 3.05) is 17.2 Å². The van der Waals surface area contributed by atoms with E-state index in [1.165, 1.54) is 0 Å². The van der Waals surface area contributed by atoms with E-state index in [0.717, 1.165) is 53.9 Å². The van der Waals surface area contributed by atoms with Crippen molar-refractivity contribution in [2.24, 2.45) is 5.73 Å². The Morgan fingerprint density at radius 3 is 2.77 bits per heavy atom. The first-order chi connectivity index (χ1) is 14.5. The number of anilines is 3. The third-order valence-electron chi connectivity index (χ3n) is 6.13. The van der Waals surface area contributed by atoms with Crippen LogP contribution in [0.3, 0.4) is 0 Å². The Bertz CT molecular complexity index is 1070. The van der Waals surface area contributed by atoms with Gasteiger partial charge in [0, 0.05) is 47.5 Å². The SMILES string of the molecule is Cc1cc(Nc2cc3ncccc3c(NC3C[C@H]4CC[C@@H](C3)N4CC(N)=O)n2)n[nH]1. The molecule has 156 valence electrons. The number of carbonyl (C=O) groups excluding carboxylic acids is 1. The van der Waals surface area contributed by atoms with Crippen LogP contribution in [0.1, 0.15) is 31.4 Å². The molecule has 2 fully saturated rings. The van der Waals surface area contributed by atoms with Crippen molar-refractivity contribution in [1.82, 2.24) is 25.1 Å². The molecule has 9 heteroatoms. The van der Waals surface area contributed by atoms with Crippen LogP contribution in [-0.4, -0.2) is 55.6 Å². The molecule has 0 aromatic carbocycles. The van der Waals surface area contributed by atoms with E-state index in [0.29, 0.717) is 30.5 Å². The van der Waals surface area contributed by atoms with Gasteiger partial charge >= 0.3 is 0 Å². The van der Waals surface area contributed by atoms with Crippen LogP contribution in [0.15, 0.2) is 30.5 Å². The van der Waals surface area contributed by atoms with E-state index in [-0.39, 0.29) is 5.91 Å². The maximum Gasteiger partial charge on any atom is 0.231 e. The molecule has 5 heterocycles. The van der Waals surface area contributed by atoms with Crippen LogP contribution in [0.2, 0.25) is 0 Å². The van der Waals surface area contributed by atoms with Crippen LogP contribution in [0.25, 0.3) is 10.9 Å². The number of carbonyl (C=O) groups is 1.